The number of carbonyl (C=O) groups is 1. The second-order valence-electron chi connectivity index (χ2n) is 6.87. The molecule has 0 saturated carbocycles. The van der Waals surface area contributed by atoms with Crippen molar-refractivity contribution < 1.29 is 19.0 Å². The molecular formula is C18H24N2O4. The van der Waals surface area contributed by atoms with Crippen LogP contribution < -0.4 is 9.47 Å². The van der Waals surface area contributed by atoms with Crippen molar-refractivity contribution in [1.82, 2.24) is 4.90 Å². The van der Waals surface area contributed by atoms with Crippen molar-refractivity contribution in [2.45, 2.75) is 32.8 Å². The average molecular weight is 332 g/mol. The summed E-state index contributed by atoms with van der Waals surface area (Å²) in [4.78, 5) is 13.8. The molecule has 1 amide bonds. The lowest BCUT2D eigenvalue weighted by Crippen LogP contribution is -2.35. The van der Waals surface area contributed by atoms with Gasteiger partial charge in [0.15, 0.2) is 11.5 Å². The van der Waals surface area contributed by atoms with E-state index in [2.05, 4.69) is 6.07 Å². The average Bonchev–Trinajstić information content (AvgIpc) is 3.00. The van der Waals surface area contributed by atoms with Crippen LogP contribution in [-0.2, 0) is 4.74 Å². The predicted octanol–water partition coefficient (Wildman–Crippen LogP) is 3.20. The van der Waals surface area contributed by atoms with E-state index in [1.807, 2.05) is 20.8 Å². The topological polar surface area (TPSA) is 71.8 Å². The van der Waals surface area contributed by atoms with Crippen molar-refractivity contribution in [1.29, 1.82) is 5.26 Å². The smallest absolute Gasteiger partial charge is 0.410 e. The number of carbonyl (C=O) groups excluding carboxylic acids is 1. The van der Waals surface area contributed by atoms with Crippen LogP contribution in [0.1, 0.15) is 32.8 Å². The first-order valence-electron chi connectivity index (χ1n) is 8.01. The van der Waals surface area contributed by atoms with E-state index in [4.69, 9.17) is 19.5 Å². The van der Waals surface area contributed by atoms with Gasteiger partial charge in [-0.05, 0) is 39.3 Å². The normalized spacial score (nSPS) is 17.3. The fraction of sp³-hybridized carbons (Fsp3) is 0.556. The standard InChI is InChI=1S/C18H24N2O4/c1-18(2,3)24-17(21)20-8-7-14(11-20)12-23-15-6-5-13(10-19)9-16(15)22-4/h5-6,9,14H,7-8,11-12H2,1-4H3. The second kappa shape index (κ2) is 7.43. The molecule has 0 N–H and O–H groups in total. The van der Waals surface area contributed by atoms with Gasteiger partial charge in [-0.15, -0.1) is 0 Å². The molecule has 1 unspecified atom stereocenters. The molecule has 24 heavy (non-hydrogen) atoms. The van der Waals surface area contributed by atoms with Crippen LogP contribution in [-0.4, -0.2) is 43.4 Å². The molecule has 0 bridgehead atoms. The third-order valence-electron chi connectivity index (χ3n) is 3.70. The largest absolute Gasteiger partial charge is 0.493 e. The van der Waals surface area contributed by atoms with Crippen LogP contribution in [0.3, 0.4) is 0 Å². The monoisotopic (exact) mass is 332 g/mol. The molecule has 1 saturated heterocycles. The van der Waals surface area contributed by atoms with Gasteiger partial charge in [-0.1, -0.05) is 0 Å². The lowest BCUT2D eigenvalue weighted by Gasteiger charge is -2.24. The number of hydrogen-bond donors (Lipinski definition) is 0. The molecule has 0 spiro atoms. The van der Waals surface area contributed by atoms with Crippen LogP contribution in [0.5, 0.6) is 11.5 Å². The number of nitriles is 1. The molecule has 1 aromatic carbocycles. The van der Waals surface area contributed by atoms with Crippen molar-refractivity contribution in [3.8, 4) is 17.6 Å². The quantitative estimate of drug-likeness (QED) is 0.846. The van der Waals surface area contributed by atoms with Gasteiger partial charge < -0.3 is 19.1 Å². The van der Waals surface area contributed by atoms with Gasteiger partial charge >= 0.3 is 6.09 Å². The van der Waals surface area contributed by atoms with Gasteiger partial charge in [-0.3, -0.25) is 0 Å². The molecule has 1 heterocycles. The Kier molecular flexibility index (Phi) is 5.55. The zero-order chi connectivity index (χ0) is 17.7. The summed E-state index contributed by atoms with van der Waals surface area (Å²) in [5, 5.41) is 8.92. The first-order valence-corrected chi connectivity index (χ1v) is 8.01. The highest BCUT2D eigenvalue weighted by Crippen LogP contribution is 2.29. The second-order valence-corrected chi connectivity index (χ2v) is 6.87. The molecule has 0 aromatic heterocycles. The highest BCUT2D eigenvalue weighted by molar-refractivity contribution is 5.68. The van der Waals surface area contributed by atoms with Gasteiger partial charge in [0.25, 0.3) is 0 Å². The summed E-state index contributed by atoms with van der Waals surface area (Å²) in [5.41, 5.74) is 0.0396. The SMILES string of the molecule is COc1cc(C#N)ccc1OCC1CCN(C(=O)OC(C)(C)C)C1. The van der Waals surface area contributed by atoms with Crippen molar-refractivity contribution in [3.63, 3.8) is 0 Å². The predicted molar refractivity (Wildman–Crippen MR) is 89.1 cm³/mol. The maximum absolute atomic E-state index is 12.1. The molecule has 0 radical (unpaired) electrons. The molecule has 1 atom stereocenters. The van der Waals surface area contributed by atoms with E-state index in [0.717, 1.165) is 6.42 Å². The van der Waals surface area contributed by atoms with E-state index in [-0.39, 0.29) is 12.0 Å². The lowest BCUT2D eigenvalue weighted by molar-refractivity contribution is 0.0284. The number of hydrogen-bond acceptors (Lipinski definition) is 5. The molecule has 1 aliphatic rings. The molecule has 1 aliphatic heterocycles. The van der Waals surface area contributed by atoms with Gasteiger partial charge in [0.2, 0.25) is 0 Å². The lowest BCUT2D eigenvalue weighted by atomic mass is 10.1. The molecular weight excluding hydrogens is 308 g/mol. The molecule has 130 valence electrons. The van der Waals surface area contributed by atoms with Gasteiger partial charge in [0.1, 0.15) is 5.60 Å². The minimum Gasteiger partial charge on any atom is -0.493 e. The molecule has 6 heteroatoms. The third-order valence-corrected chi connectivity index (χ3v) is 3.70. The van der Waals surface area contributed by atoms with Crippen LogP contribution in [0.15, 0.2) is 18.2 Å². The highest BCUT2D eigenvalue weighted by atomic mass is 16.6. The van der Waals surface area contributed by atoms with Gasteiger partial charge in [0.05, 0.1) is 25.3 Å². The highest BCUT2D eigenvalue weighted by Gasteiger charge is 2.30. The number of nitrogens with zero attached hydrogens (tertiary/aromatic N) is 2. The summed E-state index contributed by atoms with van der Waals surface area (Å²) in [7, 11) is 1.54. The summed E-state index contributed by atoms with van der Waals surface area (Å²) >= 11 is 0. The van der Waals surface area contributed by atoms with Gasteiger partial charge in [-0.2, -0.15) is 5.26 Å². The Labute approximate surface area is 142 Å². The van der Waals surface area contributed by atoms with E-state index in [1.165, 1.54) is 0 Å². The summed E-state index contributed by atoms with van der Waals surface area (Å²) in [5.74, 6) is 1.39. The number of likely N-dealkylation sites (tertiary alicyclic amines) is 1. The van der Waals surface area contributed by atoms with Crippen LogP contribution in [0.2, 0.25) is 0 Å². The van der Waals surface area contributed by atoms with Crippen LogP contribution in [0.4, 0.5) is 4.79 Å². The number of amides is 1. The number of benzene rings is 1. The minimum absolute atomic E-state index is 0.248. The van der Waals surface area contributed by atoms with Crippen LogP contribution in [0, 0.1) is 17.2 Å². The zero-order valence-corrected chi connectivity index (χ0v) is 14.7. The van der Waals surface area contributed by atoms with Crippen molar-refractivity contribution in [3.05, 3.63) is 23.8 Å². The summed E-state index contributed by atoms with van der Waals surface area (Å²) in [6, 6.07) is 7.15. The van der Waals surface area contributed by atoms with E-state index in [9.17, 15) is 4.79 Å². The molecule has 1 fully saturated rings. The Morgan fingerprint density at radius 1 is 1.38 bits per heavy atom. The summed E-state index contributed by atoms with van der Waals surface area (Å²) < 4.78 is 16.5. The van der Waals surface area contributed by atoms with Gasteiger partial charge in [0, 0.05) is 25.1 Å². The Morgan fingerprint density at radius 2 is 2.12 bits per heavy atom. The molecule has 0 aliphatic carbocycles. The van der Waals surface area contributed by atoms with E-state index >= 15 is 0 Å². The Morgan fingerprint density at radius 3 is 2.75 bits per heavy atom. The van der Waals surface area contributed by atoms with E-state index in [0.29, 0.717) is 36.8 Å². The first-order chi connectivity index (χ1) is 11.3. The molecule has 2 rings (SSSR count). The number of methoxy groups -OCH3 is 1. The zero-order valence-electron chi connectivity index (χ0n) is 14.7. The number of ether oxygens (including phenoxy) is 3. The van der Waals surface area contributed by atoms with Crippen molar-refractivity contribution >= 4 is 6.09 Å². The van der Waals surface area contributed by atoms with E-state index < -0.39 is 5.60 Å². The third kappa shape index (κ3) is 4.79. The summed E-state index contributed by atoms with van der Waals surface area (Å²) in [6.07, 6.45) is 0.596. The fourth-order valence-corrected chi connectivity index (χ4v) is 2.53. The Hall–Kier alpha value is -2.42. The van der Waals surface area contributed by atoms with Crippen molar-refractivity contribution in [2.75, 3.05) is 26.8 Å². The minimum atomic E-state index is -0.485. The number of rotatable bonds is 4. The van der Waals surface area contributed by atoms with Crippen LogP contribution in [0.25, 0.3) is 0 Å². The fourth-order valence-electron chi connectivity index (χ4n) is 2.53. The van der Waals surface area contributed by atoms with E-state index in [1.54, 1.807) is 30.2 Å². The summed E-state index contributed by atoms with van der Waals surface area (Å²) in [6.45, 7) is 7.36. The maximum Gasteiger partial charge on any atom is 0.410 e. The maximum atomic E-state index is 12.1. The molecule has 6 nitrogen and oxygen atoms in total. The Bertz CT molecular complexity index is 631. The van der Waals surface area contributed by atoms with Crippen molar-refractivity contribution in [2.24, 2.45) is 5.92 Å². The first kappa shape index (κ1) is 17.9. The molecule has 1 aromatic rings. The van der Waals surface area contributed by atoms with Gasteiger partial charge in [-0.25, -0.2) is 4.79 Å². The van der Waals surface area contributed by atoms with Crippen LogP contribution >= 0.6 is 0 Å². The Balaban J connectivity index is 1.88.